The Balaban J connectivity index is 1.33. The number of fused-ring (bicyclic) bond motifs is 1. The Bertz CT molecular complexity index is 836. The minimum atomic E-state index is 0.587. The van der Waals surface area contributed by atoms with E-state index in [1.165, 1.54) is 11.1 Å². The second-order valence-corrected chi connectivity index (χ2v) is 7.40. The maximum Gasteiger partial charge on any atom is 0.193 e. The molecule has 0 radical (unpaired) electrons. The summed E-state index contributed by atoms with van der Waals surface area (Å²) in [5.41, 5.74) is 2.77. The molecule has 142 valence electrons. The van der Waals surface area contributed by atoms with Gasteiger partial charge in [-0.2, -0.15) is 0 Å². The van der Waals surface area contributed by atoms with Gasteiger partial charge in [0.2, 0.25) is 0 Å². The maximum absolute atomic E-state index is 4.52. The van der Waals surface area contributed by atoms with E-state index in [0.29, 0.717) is 5.92 Å². The van der Waals surface area contributed by atoms with Gasteiger partial charge in [-0.05, 0) is 36.8 Å². The molecule has 0 amide bonds. The number of hydrogen-bond donors (Lipinski definition) is 1. The summed E-state index contributed by atoms with van der Waals surface area (Å²) in [6.07, 6.45) is 5.55. The zero-order valence-corrected chi connectivity index (χ0v) is 16.2. The van der Waals surface area contributed by atoms with E-state index in [2.05, 4.69) is 66.4 Å². The number of aliphatic imine (C=N–C) groups is 1. The van der Waals surface area contributed by atoms with Crippen molar-refractivity contribution in [3.8, 4) is 0 Å². The number of aromatic nitrogens is 3. The van der Waals surface area contributed by atoms with Crippen molar-refractivity contribution in [2.45, 2.75) is 32.7 Å². The molecular formula is C21H28N6. The smallest absolute Gasteiger partial charge is 0.193 e. The lowest BCUT2D eigenvalue weighted by Crippen LogP contribution is -2.45. The predicted octanol–water partition coefficient (Wildman–Crippen LogP) is 2.51. The molecule has 2 aromatic rings. The third kappa shape index (κ3) is 3.89. The van der Waals surface area contributed by atoms with Crippen LogP contribution < -0.4 is 5.32 Å². The standard InChI is InChI=1S/C21H28N6/c1-16-24-25-20-9-8-17(15-27(16)20)14-23-21(22-2)26-12-10-19(11-13-26)18-6-4-3-5-7-18/h3-7,10,17H,8-9,11-15H2,1-2H3,(H,22,23). The molecule has 1 N–H and O–H groups in total. The van der Waals surface area contributed by atoms with E-state index in [1.807, 2.05) is 14.0 Å². The van der Waals surface area contributed by atoms with Gasteiger partial charge in [0.25, 0.3) is 0 Å². The highest BCUT2D eigenvalue weighted by molar-refractivity contribution is 5.81. The first kappa shape index (κ1) is 17.8. The van der Waals surface area contributed by atoms with Gasteiger partial charge in [-0.1, -0.05) is 36.4 Å². The number of hydrogen-bond acceptors (Lipinski definition) is 3. The van der Waals surface area contributed by atoms with Gasteiger partial charge in [0.15, 0.2) is 5.96 Å². The van der Waals surface area contributed by atoms with Gasteiger partial charge in [0.05, 0.1) is 0 Å². The quantitative estimate of drug-likeness (QED) is 0.672. The normalized spacial score (nSPS) is 20.2. The second-order valence-electron chi connectivity index (χ2n) is 7.40. The molecule has 1 aromatic heterocycles. The van der Waals surface area contributed by atoms with E-state index >= 15 is 0 Å². The third-order valence-electron chi connectivity index (χ3n) is 5.64. The van der Waals surface area contributed by atoms with E-state index in [4.69, 9.17) is 0 Å². The number of rotatable bonds is 3. The van der Waals surface area contributed by atoms with Crippen LogP contribution >= 0.6 is 0 Å². The average Bonchev–Trinajstić information content (AvgIpc) is 3.10. The number of benzene rings is 1. The minimum absolute atomic E-state index is 0.587. The van der Waals surface area contributed by atoms with Crippen molar-refractivity contribution in [2.75, 3.05) is 26.7 Å². The lowest BCUT2D eigenvalue weighted by molar-refractivity contribution is 0.350. The number of guanidine groups is 1. The second kappa shape index (κ2) is 7.94. The summed E-state index contributed by atoms with van der Waals surface area (Å²) in [6, 6.07) is 10.7. The molecule has 27 heavy (non-hydrogen) atoms. The van der Waals surface area contributed by atoms with Crippen molar-refractivity contribution in [1.29, 1.82) is 0 Å². The van der Waals surface area contributed by atoms with E-state index in [1.54, 1.807) is 0 Å². The highest BCUT2D eigenvalue weighted by atomic mass is 15.3. The molecule has 3 heterocycles. The Labute approximate surface area is 161 Å². The van der Waals surface area contributed by atoms with Crippen molar-refractivity contribution in [2.24, 2.45) is 10.9 Å². The zero-order chi connectivity index (χ0) is 18.6. The fraction of sp³-hybridized carbons (Fsp3) is 0.476. The lowest BCUT2D eigenvalue weighted by Gasteiger charge is -2.31. The van der Waals surface area contributed by atoms with Gasteiger partial charge in [0, 0.05) is 39.6 Å². The molecule has 0 spiro atoms. The molecule has 0 bridgehead atoms. The monoisotopic (exact) mass is 364 g/mol. The molecule has 6 heteroatoms. The van der Waals surface area contributed by atoms with Gasteiger partial charge in [0.1, 0.15) is 11.6 Å². The largest absolute Gasteiger partial charge is 0.356 e. The van der Waals surface area contributed by atoms with E-state index in [9.17, 15) is 0 Å². The van der Waals surface area contributed by atoms with Crippen molar-refractivity contribution >= 4 is 11.5 Å². The lowest BCUT2D eigenvalue weighted by atomic mass is 9.99. The zero-order valence-electron chi connectivity index (χ0n) is 16.2. The van der Waals surface area contributed by atoms with Crippen LogP contribution in [-0.2, 0) is 13.0 Å². The van der Waals surface area contributed by atoms with Crippen LogP contribution in [0, 0.1) is 12.8 Å². The summed E-state index contributed by atoms with van der Waals surface area (Å²) in [5, 5.41) is 12.1. The van der Waals surface area contributed by atoms with E-state index in [-0.39, 0.29) is 0 Å². The number of nitrogens with one attached hydrogen (secondary N) is 1. The van der Waals surface area contributed by atoms with Crippen molar-refractivity contribution < 1.29 is 0 Å². The molecule has 1 unspecified atom stereocenters. The third-order valence-corrected chi connectivity index (χ3v) is 5.64. The Morgan fingerprint density at radius 2 is 2.07 bits per heavy atom. The van der Waals surface area contributed by atoms with Crippen molar-refractivity contribution in [3.05, 3.63) is 53.6 Å². The summed E-state index contributed by atoms with van der Waals surface area (Å²) in [4.78, 5) is 6.85. The average molecular weight is 364 g/mol. The Hall–Kier alpha value is -2.63. The predicted molar refractivity (Wildman–Crippen MR) is 109 cm³/mol. The molecule has 2 aliphatic heterocycles. The fourth-order valence-corrected chi connectivity index (χ4v) is 4.04. The van der Waals surface area contributed by atoms with Gasteiger partial charge >= 0.3 is 0 Å². The first-order valence-electron chi connectivity index (χ1n) is 9.83. The van der Waals surface area contributed by atoms with Crippen LogP contribution in [0.5, 0.6) is 0 Å². The molecule has 6 nitrogen and oxygen atoms in total. The molecule has 0 saturated carbocycles. The number of nitrogens with zero attached hydrogens (tertiary/aromatic N) is 5. The highest BCUT2D eigenvalue weighted by Gasteiger charge is 2.23. The summed E-state index contributed by atoms with van der Waals surface area (Å²) < 4.78 is 2.26. The molecule has 0 saturated heterocycles. The Morgan fingerprint density at radius 3 is 2.81 bits per heavy atom. The summed E-state index contributed by atoms with van der Waals surface area (Å²) >= 11 is 0. The van der Waals surface area contributed by atoms with Crippen LogP contribution in [0.1, 0.15) is 30.1 Å². The summed E-state index contributed by atoms with van der Waals surface area (Å²) in [5.74, 6) is 3.74. The van der Waals surface area contributed by atoms with Gasteiger partial charge in [-0.25, -0.2) is 0 Å². The van der Waals surface area contributed by atoms with E-state index < -0.39 is 0 Å². The van der Waals surface area contributed by atoms with Crippen LogP contribution in [0.4, 0.5) is 0 Å². The molecule has 0 aliphatic carbocycles. The van der Waals surface area contributed by atoms with E-state index in [0.717, 1.165) is 63.0 Å². The first-order valence-corrected chi connectivity index (χ1v) is 9.83. The molecule has 1 atom stereocenters. The summed E-state index contributed by atoms with van der Waals surface area (Å²) in [6.45, 7) is 5.88. The van der Waals surface area contributed by atoms with Crippen LogP contribution in [-0.4, -0.2) is 52.3 Å². The molecule has 1 aromatic carbocycles. The summed E-state index contributed by atoms with van der Waals surface area (Å²) in [7, 11) is 1.88. The van der Waals surface area contributed by atoms with Crippen LogP contribution in [0.2, 0.25) is 0 Å². The van der Waals surface area contributed by atoms with Gasteiger partial charge in [-0.15, -0.1) is 10.2 Å². The Kier molecular flexibility index (Phi) is 5.23. The van der Waals surface area contributed by atoms with Crippen molar-refractivity contribution in [1.82, 2.24) is 25.0 Å². The molecule has 4 rings (SSSR count). The topological polar surface area (TPSA) is 58.3 Å². The number of aryl methyl sites for hydroxylation is 2. The van der Waals surface area contributed by atoms with Gasteiger partial charge in [-0.3, -0.25) is 4.99 Å². The molecular weight excluding hydrogens is 336 g/mol. The van der Waals surface area contributed by atoms with Gasteiger partial charge < -0.3 is 14.8 Å². The van der Waals surface area contributed by atoms with Crippen LogP contribution in [0.25, 0.3) is 5.57 Å². The maximum atomic E-state index is 4.52. The van der Waals surface area contributed by atoms with Crippen LogP contribution in [0.15, 0.2) is 41.4 Å². The van der Waals surface area contributed by atoms with Crippen LogP contribution in [0.3, 0.4) is 0 Å². The molecule has 0 fully saturated rings. The highest BCUT2D eigenvalue weighted by Crippen LogP contribution is 2.22. The SMILES string of the molecule is CN=C(NCC1CCc2nnc(C)n2C1)N1CC=C(c2ccccc2)CC1. The minimum Gasteiger partial charge on any atom is -0.356 e. The first-order chi connectivity index (χ1) is 13.2. The van der Waals surface area contributed by atoms with Crippen molar-refractivity contribution in [3.63, 3.8) is 0 Å². The molecule has 2 aliphatic rings. The fourth-order valence-electron chi connectivity index (χ4n) is 4.04. The Morgan fingerprint density at radius 1 is 1.22 bits per heavy atom.